The molecule has 1 heterocycles. The summed E-state index contributed by atoms with van der Waals surface area (Å²) in [5.74, 6) is -0.709. The fourth-order valence-corrected chi connectivity index (χ4v) is 6.77. The average Bonchev–Trinajstić information content (AvgIpc) is 3.17. The molecule has 8 atom stereocenters. The molecule has 316 valence electrons. The van der Waals surface area contributed by atoms with Crippen LogP contribution in [0.15, 0.2) is 24.3 Å². The van der Waals surface area contributed by atoms with Crippen LogP contribution >= 0.6 is 0 Å². The number of hydrogen-bond acceptors (Lipinski definition) is 10. The molecule has 1 aliphatic rings. The zero-order valence-corrected chi connectivity index (χ0v) is 33.9. The van der Waals surface area contributed by atoms with Crippen LogP contribution in [0.1, 0.15) is 174 Å². The number of amides is 1. The highest BCUT2D eigenvalue weighted by Crippen LogP contribution is 2.23. The van der Waals surface area contributed by atoms with Crippen molar-refractivity contribution in [3.05, 3.63) is 24.3 Å². The molecule has 0 bridgehead atoms. The van der Waals surface area contributed by atoms with Gasteiger partial charge in [-0.15, -0.1) is 0 Å². The minimum Gasteiger partial charge on any atom is -0.394 e. The topological polar surface area (TPSA) is 186 Å². The van der Waals surface area contributed by atoms with Crippen molar-refractivity contribution in [1.82, 2.24) is 5.32 Å². The lowest BCUT2D eigenvalue weighted by atomic mass is 9.99. The van der Waals surface area contributed by atoms with E-state index in [1.807, 2.05) is 0 Å². The van der Waals surface area contributed by atoms with Crippen LogP contribution in [0.2, 0.25) is 0 Å². The molecule has 0 aliphatic carbocycles. The number of carbonyl (C=O) groups excluding carboxylic acids is 2. The van der Waals surface area contributed by atoms with Crippen molar-refractivity contribution in [2.45, 2.75) is 223 Å². The predicted octanol–water partition coefficient (Wildman–Crippen LogP) is 6.48. The van der Waals surface area contributed by atoms with E-state index in [2.05, 4.69) is 25.7 Å². The van der Waals surface area contributed by atoms with E-state index in [4.69, 9.17) is 9.47 Å². The zero-order chi connectivity index (χ0) is 40.0. The van der Waals surface area contributed by atoms with Crippen LogP contribution < -0.4 is 5.32 Å². The Morgan fingerprint density at radius 3 is 1.74 bits per heavy atom. The Balaban J connectivity index is 2.57. The van der Waals surface area contributed by atoms with Crippen molar-refractivity contribution in [1.29, 1.82) is 0 Å². The molecule has 0 unspecified atom stereocenters. The van der Waals surface area contributed by atoms with Crippen molar-refractivity contribution in [3.63, 3.8) is 0 Å². The summed E-state index contributed by atoms with van der Waals surface area (Å²) in [5.41, 5.74) is 0.600. The summed E-state index contributed by atoms with van der Waals surface area (Å²) in [6.45, 7) is 7.37. The van der Waals surface area contributed by atoms with Gasteiger partial charge >= 0.3 is 0 Å². The summed E-state index contributed by atoms with van der Waals surface area (Å²) < 4.78 is 11.0. The zero-order valence-electron chi connectivity index (χ0n) is 33.9. The number of carbonyl (C=O) groups is 2. The summed E-state index contributed by atoms with van der Waals surface area (Å²) in [5, 5.41) is 64.4. The lowest BCUT2D eigenvalue weighted by molar-refractivity contribution is -0.302. The summed E-state index contributed by atoms with van der Waals surface area (Å²) in [7, 11) is 0. The van der Waals surface area contributed by atoms with Crippen molar-refractivity contribution >= 4 is 11.7 Å². The van der Waals surface area contributed by atoms with Gasteiger partial charge in [0.05, 0.1) is 25.4 Å². The molecule has 1 aliphatic heterocycles. The van der Waals surface area contributed by atoms with Crippen LogP contribution in [0, 0.1) is 0 Å². The maximum Gasteiger partial charge on any atom is 0.249 e. The highest BCUT2D eigenvalue weighted by atomic mass is 16.7. The molecule has 11 nitrogen and oxygen atoms in total. The van der Waals surface area contributed by atoms with E-state index in [0.717, 1.165) is 38.5 Å². The van der Waals surface area contributed by atoms with Gasteiger partial charge < -0.3 is 45.4 Å². The van der Waals surface area contributed by atoms with Gasteiger partial charge in [-0.1, -0.05) is 161 Å². The second-order valence-electron chi connectivity index (χ2n) is 15.4. The number of nitrogens with one attached hydrogen (secondary N) is 1. The molecule has 1 amide bonds. The number of ketones is 1. The molecule has 0 aromatic carbocycles. The van der Waals surface area contributed by atoms with Gasteiger partial charge in [0.15, 0.2) is 12.1 Å². The maximum absolute atomic E-state index is 13.0. The van der Waals surface area contributed by atoms with Gasteiger partial charge in [-0.3, -0.25) is 9.59 Å². The molecule has 11 heteroatoms. The molecular weight excluding hydrogens is 690 g/mol. The predicted molar refractivity (Wildman–Crippen MR) is 214 cm³/mol. The molecule has 1 rings (SSSR count). The van der Waals surface area contributed by atoms with Crippen LogP contribution in [-0.4, -0.2) is 104 Å². The van der Waals surface area contributed by atoms with Gasteiger partial charge in [0.1, 0.15) is 30.5 Å². The first-order valence-corrected chi connectivity index (χ1v) is 21.5. The largest absolute Gasteiger partial charge is 0.394 e. The van der Waals surface area contributed by atoms with Crippen LogP contribution in [0.5, 0.6) is 0 Å². The number of Topliss-reactive ketones (excluding diaryl/α,β-unsaturated/α-hetero) is 1. The fraction of sp³-hybridized carbons (Fsp3) is 0.860. The lowest BCUT2D eigenvalue weighted by Gasteiger charge is -2.40. The molecule has 0 saturated carbocycles. The molecule has 1 saturated heterocycles. The van der Waals surface area contributed by atoms with Gasteiger partial charge in [0.2, 0.25) is 5.91 Å². The molecule has 0 spiro atoms. The molecule has 0 aromatic rings. The van der Waals surface area contributed by atoms with E-state index in [-0.39, 0.29) is 25.2 Å². The minimum atomic E-state index is -1.65. The van der Waals surface area contributed by atoms with Crippen molar-refractivity contribution in [2.75, 3.05) is 13.2 Å². The Bertz CT molecular complexity index is 991. The van der Waals surface area contributed by atoms with E-state index < -0.39 is 61.5 Å². The first-order valence-electron chi connectivity index (χ1n) is 21.5. The van der Waals surface area contributed by atoms with Gasteiger partial charge in [0.25, 0.3) is 0 Å². The van der Waals surface area contributed by atoms with Crippen LogP contribution in [0.25, 0.3) is 0 Å². The number of hydrogen-bond donors (Lipinski definition) is 7. The standard InChI is InChI=1S/C43H79NO10/c1-4-6-8-10-12-13-14-15-16-17-18-20-22-24-30-37(48)42(52)44-34(32-53-43-41(51)40(50)39(49)38(31-45)54-43)36(47)29-26-25-28-35(46)33(3)27-23-21-19-11-9-7-5-2/h26,29,34,36-41,43,45,47-51H,3-25,27-28,30-32H2,1-2H3,(H,44,52)/t34-,36+,37-,38-,39-,40+,41-,43-/m1/s1. The van der Waals surface area contributed by atoms with Crippen molar-refractivity contribution in [3.8, 4) is 0 Å². The number of allylic oxidation sites excluding steroid dienone is 2. The Labute approximate surface area is 327 Å². The van der Waals surface area contributed by atoms with Gasteiger partial charge in [-0.2, -0.15) is 0 Å². The molecule has 7 N–H and O–H groups in total. The van der Waals surface area contributed by atoms with Gasteiger partial charge in [-0.05, 0) is 31.3 Å². The van der Waals surface area contributed by atoms with E-state index in [9.17, 15) is 40.2 Å². The lowest BCUT2D eigenvalue weighted by Crippen LogP contribution is -2.60. The van der Waals surface area contributed by atoms with E-state index in [1.165, 1.54) is 96.0 Å². The van der Waals surface area contributed by atoms with Crippen LogP contribution in [0.4, 0.5) is 0 Å². The average molecular weight is 770 g/mol. The quantitative estimate of drug-likeness (QED) is 0.0214. The SMILES string of the molecule is C=C(CCCCCCCCC)C(=O)CCC=C[C@H](O)[C@@H](CO[C@@H]1O[C@H](CO)[C@@H](O)[C@H](O)[C@H]1O)NC(=O)[C@H](O)CCCCCCCCCCCCCCCC. The fourth-order valence-electron chi connectivity index (χ4n) is 6.77. The summed E-state index contributed by atoms with van der Waals surface area (Å²) >= 11 is 0. The Kier molecular flexibility index (Phi) is 30.2. The number of aliphatic hydroxyl groups excluding tert-OH is 6. The van der Waals surface area contributed by atoms with Gasteiger partial charge in [0, 0.05) is 6.42 Å². The summed E-state index contributed by atoms with van der Waals surface area (Å²) in [4.78, 5) is 25.6. The monoisotopic (exact) mass is 770 g/mol. The maximum atomic E-state index is 13.0. The molecule has 0 radical (unpaired) electrons. The van der Waals surface area contributed by atoms with E-state index in [0.29, 0.717) is 24.8 Å². The molecule has 0 aromatic heterocycles. The van der Waals surface area contributed by atoms with Crippen molar-refractivity contribution < 1.29 is 49.7 Å². The third kappa shape index (κ3) is 22.8. The second kappa shape index (κ2) is 32.4. The van der Waals surface area contributed by atoms with Crippen molar-refractivity contribution in [2.24, 2.45) is 0 Å². The van der Waals surface area contributed by atoms with Crippen LogP contribution in [-0.2, 0) is 19.1 Å². The third-order valence-corrected chi connectivity index (χ3v) is 10.5. The minimum absolute atomic E-state index is 0.0254. The number of unbranched alkanes of at least 4 members (excludes halogenated alkanes) is 19. The first-order chi connectivity index (χ1) is 26.1. The normalized spacial score (nSPS) is 22.0. The highest BCUT2D eigenvalue weighted by molar-refractivity contribution is 5.94. The Morgan fingerprint density at radius 1 is 0.722 bits per heavy atom. The van der Waals surface area contributed by atoms with Gasteiger partial charge in [-0.25, -0.2) is 0 Å². The third-order valence-electron chi connectivity index (χ3n) is 10.5. The number of aliphatic hydroxyl groups is 6. The summed E-state index contributed by atoms with van der Waals surface area (Å²) in [6.07, 6.45) is 19.4. The highest BCUT2D eigenvalue weighted by Gasteiger charge is 2.44. The number of rotatable bonds is 35. The van der Waals surface area contributed by atoms with Crippen LogP contribution in [0.3, 0.4) is 0 Å². The second-order valence-corrected chi connectivity index (χ2v) is 15.4. The Hall–Kier alpha value is -1.70. The Morgan fingerprint density at radius 2 is 1.22 bits per heavy atom. The van der Waals surface area contributed by atoms with E-state index >= 15 is 0 Å². The smallest absolute Gasteiger partial charge is 0.249 e. The van der Waals surface area contributed by atoms with E-state index in [1.54, 1.807) is 6.08 Å². The first kappa shape index (κ1) is 50.3. The molecule has 1 fully saturated rings. The number of ether oxygens (including phenoxy) is 2. The molecule has 54 heavy (non-hydrogen) atoms. The molecular formula is C43H79NO10. The summed E-state index contributed by atoms with van der Waals surface area (Å²) in [6, 6.07) is -1.09.